The van der Waals surface area contributed by atoms with E-state index >= 15 is 0 Å². The van der Waals surface area contributed by atoms with Crippen molar-refractivity contribution in [3.63, 3.8) is 0 Å². The van der Waals surface area contributed by atoms with E-state index in [2.05, 4.69) is 39.8 Å². The van der Waals surface area contributed by atoms with Crippen LogP contribution in [0.15, 0.2) is 30.9 Å². The van der Waals surface area contributed by atoms with Crippen LogP contribution in [0.3, 0.4) is 0 Å². The lowest BCUT2D eigenvalue weighted by Crippen LogP contribution is -2.59. The minimum atomic E-state index is -0.528. The summed E-state index contributed by atoms with van der Waals surface area (Å²) in [6, 6.07) is 3.62. The molecule has 0 spiro atoms. The lowest BCUT2D eigenvalue weighted by atomic mass is 10.1. The van der Waals surface area contributed by atoms with Gasteiger partial charge in [-0.3, -0.25) is 4.57 Å². The number of fused-ring (bicyclic) bond motifs is 1. The molecular weight excluding hydrogens is 466 g/mol. The van der Waals surface area contributed by atoms with Gasteiger partial charge in [-0.05, 0) is 47.1 Å². The number of halogens is 1. The number of ether oxygens (including phenoxy) is 1. The maximum atomic E-state index is 12.8. The molecule has 3 aromatic heterocycles. The third-order valence-corrected chi connectivity index (χ3v) is 6.82. The normalized spacial score (nSPS) is 20.8. The highest BCUT2D eigenvalue weighted by atomic mass is 35.5. The molecule has 2 fully saturated rings. The first-order valence-corrected chi connectivity index (χ1v) is 12.5. The number of amides is 1. The van der Waals surface area contributed by atoms with Gasteiger partial charge in [0.1, 0.15) is 23.6 Å². The molecule has 0 aliphatic carbocycles. The second kappa shape index (κ2) is 8.86. The molecule has 35 heavy (non-hydrogen) atoms. The number of piperazine rings is 1. The number of nitrogens with zero attached hydrogens (tertiary/aromatic N) is 7. The summed E-state index contributed by atoms with van der Waals surface area (Å²) in [6.45, 7) is 13.0. The number of hydrogen-bond donors (Lipinski definition) is 0. The predicted molar refractivity (Wildman–Crippen MR) is 138 cm³/mol. The van der Waals surface area contributed by atoms with Crippen LogP contribution in [0.1, 0.15) is 41.0 Å². The van der Waals surface area contributed by atoms with Crippen molar-refractivity contribution in [1.82, 2.24) is 24.4 Å². The van der Waals surface area contributed by atoms with E-state index in [-0.39, 0.29) is 18.2 Å². The molecule has 2 aliphatic heterocycles. The van der Waals surface area contributed by atoms with Crippen LogP contribution in [-0.4, -0.2) is 74.4 Å². The maximum absolute atomic E-state index is 12.8. The van der Waals surface area contributed by atoms with Crippen molar-refractivity contribution in [2.45, 2.75) is 58.7 Å². The summed E-state index contributed by atoms with van der Waals surface area (Å²) in [4.78, 5) is 33.3. The minimum Gasteiger partial charge on any atom is -0.444 e. The summed E-state index contributed by atoms with van der Waals surface area (Å²) in [5, 5.41) is 1.62. The van der Waals surface area contributed by atoms with E-state index < -0.39 is 5.60 Å². The number of anilines is 2. The van der Waals surface area contributed by atoms with Crippen LogP contribution in [0.5, 0.6) is 0 Å². The summed E-state index contributed by atoms with van der Waals surface area (Å²) in [5.74, 6) is 1.59. The third-order valence-electron chi connectivity index (χ3n) is 6.58. The van der Waals surface area contributed by atoms with Gasteiger partial charge >= 0.3 is 6.09 Å². The molecule has 10 heteroatoms. The molecular formula is C25H32ClN7O2. The zero-order chi connectivity index (χ0) is 24.9. The van der Waals surface area contributed by atoms with Gasteiger partial charge in [-0.15, -0.1) is 0 Å². The zero-order valence-corrected chi connectivity index (χ0v) is 21.7. The molecule has 0 radical (unpaired) electrons. The van der Waals surface area contributed by atoms with Gasteiger partial charge < -0.3 is 19.4 Å². The predicted octanol–water partition coefficient (Wildman–Crippen LogP) is 4.51. The van der Waals surface area contributed by atoms with Crippen LogP contribution in [0.2, 0.25) is 5.02 Å². The van der Waals surface area contributed by atoms with Crippen LogP contribution in [0.25, 0.3) is 16.9 Å². The van der Waals surface area contributed by atoms with Crippen molar-refractivity contribution < 1.29 is 9.53 Å². The summed E-state index contributed by atoms with van der Waals surface area (Å²) in [7, 11) is 0. The number of carbonyl (C=O) groups is 1. The van der Waals surface area contributed by atoms with E-state index in [1.54, 1.807) is 18.6 Å². The molecule has 2 atom stereocenters. The Morgan fingerprint density at radius 1 is 1.11 bits per heavy atom. The fourth-order valence-electron chi connectivity index (χ4n) is 4.74. The second-order valence-corrected chi connectivity index (χ2v) is 10.9. The van der Waals surface area contributed by atoms with E-state index in [9.17, 15) is 4.79 Å². The van der Waals surface area contributed by atoms with Gasteiger partial charge in [-0.2, -0.15) is 0 Å². The van der Waals surface area contributed by atoms with Crippen LogP contribution in [-0.2, 0) is 4.74 Å². The van der Waals surface area contributed by atoms with Gasteiger partial charge in [0.05, 0.1) is 11.1 Å². The monoisotopic (exact) mass is 497 g/mol. The zero-order valence-electron chi connectivity index (χ0n) is 20.9. The van der Waals surface area contributed by atoms with Gasteiger partial charge in [-0.1, -0.05) is 11.6 Å². The number of carbonyl (C=O) groups excluding carboxylic acids is 1. The highest BCUT2D eigenvalue weighted by molar-refractivity contribution is 6.30. The summed E-state index contributed by atoms with van der Waals surface area (Å²) >= 11 is 6.27. The van der Waals surface area contributed by atoms with E-state index in [4.69, 9.17) is 21.3 Å². The van der Waals surface area contributed by atoms with Gasteiger partial charge in [-0.25, -0.2) is 19.7 Å². The van der Waals surface area contributed by atoms with E-state index in [0.29, 0.717) is 18.1 Å². The molecule has 0 aromatic carbocycles. The van der Waals surface area contributed by atoms with Crippen molar-refractivity contribution in [3.05, 3.63) is 35.9 Å². The number of aromatic nitrogens is 4. The van der Waals surface area contributed by atoms with E-state index in [1.807, 2.05) is 36.3 Å². The Morgan fingerprint density at radius 2 is 1.89 bits per heavy atom. The summed E-state index contributed by atoms with van der Waals surface area (Å²) < 4.78 is 7.65. The lowest BCUT2D eigenvalue weighted by Gasteiger charge is -2.45. The quantitative estimate of drug-likeness (QED) is 0.526. The largest absolute Gasteiger partial charge is 0.444 e. The highest BCUT2D eigenvalue weighted by Crippen LogP contribution is 2.39. The average molecular weight is 498 g/mol. The summed E-state index contributed by atoms with van der Waals surface area (Å²) in [5.41, 5.74) is 1.36. The SMILES string of the molecule is CC1CN(c2ncnc3c2c(N2CCC2)cn3-c2cc(Cl)ccn2)C(C)CN1C(=O)OC(C)(C)C. The summed E-state index contributed by atoms with van der Waals surface area (Å²) in [6.07, 6.45) is 6.28. The van der Waals surface area contributed by atoms with E-state index in [0.717, 1.165) is 47.9 Å². The Labute approximate surface area is 210 Å². The second-order valence-electron chi connectivity index (χ2n) is 10.4. The van der Waals surface area contributed by atoms with Gasteiger partial charge in [0.2, 0.25) is 0 Å². The first-order valence-electron chi connectivity index (χ1n) is 12.1. The fraction of sp³-hybridized carbons (Fsp3) is 0.520. The Hall–Kier alpha value is -3.07. The smallest absolute Gasteiger partial charge is 0.410 e. The van der Waals surface area contributed by atoms with Gasteiger partial charge in [0, 0.05) is 61.7 Å². The molecule has 186 valence electrons. The van der Waals surface area contributed by atoms with E-state index in [1.165, 1.54) is 0 Å². The number of hydrogen-bond acceptors (Lipinski definition) is 7. The van der Waals surface area contributed by atoms with Gasteiger partial charge in [0.25, 0.3) is 0 Å². The first kappa shape index (κ1) is 23.7. The van der Waals surface area contributed by atoms with Crippen LogP contribution < -0.4 is 9.80 Å². The van der Waals surface area contributed by atoms with Crippen molar-refractivity contribution in [3.8, 4) is 5.82 Å². The van der Waals surface area contributed by atoms with Crippen LogP contribution in [0, 0.1) is 0 Å². The molecule has 1 amide bonds. The maximum Gasteiger partial charge on any atom is 0.410 e. The molecule has 0 bridgehead atoms. The molecule has 9 nitrogen and oxygen atoms in total. The van der Waals surface area contributed by atoms with Gasteiger partial charge in [0.15, 0.2) is 5.65 Å². The fourth-order valence-corrected chi connectivity index (χ4v) is 4.89. The Kier molecular flexibility index (Phi) is 5.99. The molecule has 3 aromatic rings. The first-order chi connectivity index (χ1) is 16.6. The average Bonchev–Trinajstić information content (AvgIpc) is 3.12. The lowest BCUT2D eigenvalue weighted by molar-refractivity contribution is 0.0130. The molecule has 2 unspecified atom stereocenters. The highest BCUT2D eigenvalue weighted by Gasteiger charge is 2.37. The van der Waals surface area contributed by atoms with Crippen molar-refractivity contribution >= 4 is 40.2 Å². The third kappa shape index (κ3) is 4.49. The molecule has 5 rings (SSSR count). The van der Waals surface area contributed by atoms with Crippen molar-refractivity contribution in [2.75, 3.05) is 36.0 Å². The Morgan fingerprint density at radius 3 is 2.54 bits per heavy atom. The minimum absolute atomic E-state index is 0.0322. The molecule has 5 heterocycles. The molecule has 0 N–H and O–H groups in total. The Bertz CT molecular complexity index is 1250. The molecule has 0 saturated carbocycles. The van der Waals surface area contributed by atoms with Crippen molar-refractivity contribution in [2.24, 2.45) is 0 Å². The molecule has 2 aliphatic rings. The number of pyridine rings is 1. The van der Waals surface area contributed by atoms with Crippen LogP contribution >= 0.6 is 11.6 Å². The molecule has 2 saturated heterocycles. The number of rotatable bonds is 3. The standard InChI is InChI=1S/C25H32ClN7O2/c1-16-13-32(24(34)35-25(3,4)5)17(2)12-31(16)22-21-19(30-9-6-10-30)14-33(23(21)29-15-28-22)20-11-18(26)7-8-27-20/h7-8,11,14-17H,6,9-10,12-13H2,1-5H3. The topological polar surface area (TPSA) is 79.6 Å². The Balaban J connectivity index is 1.54. The van der Waals surface area contributed by atoms with Crippen molar-refractivity contribution in [1.29, 1.82) is 0 Å². The van der Waals surface area contributed by atoms with Crippen LogP contribution in [0.4, 0.5) is 16.3 Å².